The van der Waals surface area contributed by atoms with Gasteiger partial charge in [-0.25, -0.2) is 9.97 Å². The summed E-state index contributed by atoms with van der Waals surface area (Å²) in [5.74, 6) is 1.46. The molecule has 0 aliphatic carbocycles. The Balaban J connectivity index is 1.69. The number of nitrogens with zero attached hydrogens (tertiary/aromatic N) is 4. The van der Waals surface area contributed by atoms with Crippen LogP contribution in [0.4, 0.5) is 0 Å². The Labute approximate surface area is 104 Å². The third-order valence-corrected chi connectivity index (χ3v) is 2.65. The lowest BCUT2D eigenvalue weighted by atomic mass is 10.2. The Morgan fingerprint density at radius 2 is 2.17 bits per heavy atom. The van der Waals surface area contributed by atoms with E-state index < -0.39 is 0 Å². The standard InChI is InChI=1S/C11H13N5O2/c1-2-13-10(14-3-1)11-15-9(18-16-11)6-8-7-17-5-4-12-8/h1-3,8,12H,4-7H2. The minimum absolute atomic E-state index is 0.226. The number of nitrogens with one attached hydrogen (secondary N) is 1. The summed E-state index contributed by atoms with van der Waals surface area (Å²) in [4.78, 5) is 12.4. The summed E-state index contributed by atoms with van der Waals surface area (Å²) in [7, 11) is 0. The molecule has 0 spiro atoms. The molecule has 18 heavy (non-hydrogen) atoms. The first kappa shape index (κ1) is 11.2. The van der Waals surface area contributed by atoms with Crippen molar-refractivity contribution >= 4 is 0 Å². The van der Waals surface area contributed by atoms with Gasteiger partial charge in [0.2, 0.25) is 17.5 Å². The molecule has 1 fully saturated rings. The fourth-order valence-corrected chi connectivity index (χ4v) is 1.80. The highest BCUT2D eigenvalue weighted by Gasteiger charge is 2.18. The van der Waals surface area contributed by atoms with Crippen molar-refractivity contribution in [2.75, 3.05) is 19.8 Å². The van der Waals surface area contributed by atoms with Crippen LogP contribution >= 0.6 is 0 Å². The molecule has 1 atom stereocenters. The summed E-state index contributed by atoms with van der Waals surface area (Å²) < 4.78 is 10.6. The van der Waals surface area contributed by atoms with Crippen LogP contribution < -0.4 is 5.32 Å². The van der Waals surface area contributed by atoms with Crippen molar-refractivity contribution in [1.29, 1.82) is 0 Å². The average Bonchev–Trinajstić information content (AvgIpc) is 2.89. The van der Waals surface area contributed by atoms with Gasteiger partial charge in [-0.3, -0.25) is 0 Å². The van der Waals surface area contributed by atoms with Crippen LogP contribution in [0.25, 0.3) is 11.6 Å². The Hall–Kier alpha value is -1.86. The summed E-state index contributed by atoms with van der Waals surface area (Å²) in [6.07, 6.45) is 3.95. The van der Waals surface area contributed by atoms with Gasteiger partial charge in [-0.1, -0.05) is 5.16 Å². The van der Waals surface area contributed by atoms with E-state index in [1.807, 2.05) is 0 Å². The summed E-state index contributed by atoms with van der Waals surface area (Å²) in [5, 5.41) is 7.20. The van der Waals surface area contributed by atoms with Crippen LogP contribution in [-0.2, 0) is 11.2 Å². The fraction of sp³-hybridized carbons (Fsp3) is 0.455. The van der Waals surface area contributed by atoms with Crippen molar-refractivity contribution in [3.63, 3.8) is 0 Å². The van der Waals surface area contributed by atoms with E-state index in [9.17, 15) is 0 Å². The van der Waals surface area contributed by atoms with E-state index in [1.54, 1.807) is 18.5 Å². The van der Waals surface area contributed by atoms with Gasteiger partial charge in [-0.05, 0) is 6.07 Å². The molecule has 2 aromatic rings. The lowest BCUT2D eigenvalue weighted by Crippen LogP contribution is -2.42. The predicted octanol–water partition coefficient (Wildman–Crippen LogP) is 0.0575. The molecule has 1 saturated heterocycles. The van der Waals surface area contributed by atoms with Crippen molar-refractivity contribution in [2.45, 2.75) is 12.5 Å². The third kappa shape index (κ3) is 2.52. The molecule has 3 heterocycles. The highest BCUT2D eigenvalue weighted by Crippen LogP contribution is 2.11. The van der Waals surface area contributed by atoms with E-state index in [1.165, 1.54) is 0 Å². The second-order valence-electron chi connectivity index (χ2n) is 4.01. The molecular formula is C11H13N5O2. The topological polar surface area (TPSA) is 86.0 Å². The van der Waals surface area contributed by atoms with Gasteiger partial charge in [0.1, 0.15) is 0 Å². The highest BCUT2D eigenvalue weighted by atomic mass is 16.5. The molecule has 1 aliphatic heterocycles. The average molecular weight is 247 g/mol. The van der Waals surface area contributed by atoms with E-state index in [0.29, 0.717) is 30.6 Å². The molecule has 3 rings (SSSR count). The van der Waals surface area contributed by atoms with Crippen LogP contribution in [0, 0.1) is 0 Å². The second-order valence-corrected chi connectivity index (χ2v) is 4.01. The first-order valence-corrected chi connectivity index (χ1v) is 5.83. The van der Waals surface area contributed by atoms with Gasteiger partial charge in [0, 0.05) is 31.4 Å². The summed E-state index contributed by atoms with van der Waals surface area (Å²) in [6, 6.07) is 1.97. The Morgan fingerprint density at radius 3 is 2.94 bits per heavy atom. The van der Waals surface area contributed by atoms with Crippen molar-refractivity contribution in [2.24, 2.45) is 0 Å². The Morgan fingerprint density at radius 1 is 1.28 bits per heavy atom. The third-order valence-electron chi connectivity index (χ3n) is 2.65. The van der Waals surface area contributed by atoms with Crippen molar-refractivity contribution in [3.05, 3.63) is 24.4 Å². The van der Waals surface area contributed by atoms with Gasteiger partial charge in [0.15, 0.2) is 0 Å². The number of hydrogen-bond donors (Lipinski definition) is 1. The number of ether oxygens (including phenoxy) is 1. The maximum Gasteiger partial charge on any atom is 0.240 e. The van der Waals surface area contributed by atoms with Gasteiger partial charge < -0.3 is 14.6 Å². The quantitative estimate of drug-likeness (QED) is 0.820. The molecule has 1 unspecified atom stereocenters. The lowest BCUT2D eigenvalue weighted by Gasteiger charge is -2.22. The zero-order valence-corrected chi connectivity index (χ0v) is 9.74. The van der Waals surface area contributed by atoms with Crippen molar-refractivity contribution in [3.8, 4) is 11.6 Å². The van der Waals surface area contributed by atoms with Crippen LogP contribution in [0.3, 0.4) is 0 Å². The molecule has 0 bridgehead atoms. The lowest BCUT2D eigenvalue weighted by molar-refractivity contribution is 0.0744. The number of aromatic nitrogens is 4. The summed E-state index contributed by atoms with van der Waals surface area (Å²) >= 11 is 0. The number of morpholine rings is 1. The van der Waals surface area contributed by atoms with Gasteiger partial charge in [-0.15, -0.1) is 0 Å². The fourth-order valence-electron chi connectivity index (χ4n) is 1.80. The minimum Gasteiger partial charge on any atom is -0.378 e. The van der Waals surface area contributed by atoms with Crippen LogP contribution in [0.15, 0.2) is 23.0 Å². The van der Waals surface area contributed by atoms with Gasteiger partial charge in [0.25, 0.3) is 0 Å². The van der Waals surface area contributed by atoms with Crippen molar-refractivity contribution in [1.82, 2.24) is 25.4 Å². The summed E-state index contributed by atoms with van der Waals surface area (Å²) in [6.45, 7) is 2.27. The van der Waals surface area contributed by atoms with Gasteiger partial charge >= 0.3 is 0 Å². The van der Waals surface area contributed by atoms with E-state index in [2.05, 4.69) is 25.4 Å². The molecule has 7 heteroatoms. The molecule has 0 radical (unpaired) electrons. The first-order valence-electron chi connectivity index (χ1n) is 5.83. The maximum atomic E-state index is 5.37. The van der Waals surface area contributed by atoms with Gasteiger partial charge in [-0.2, -0.15) is 4.98 Å². The van der Waals surface area contributed by atoms with Crippen molar-refractivity contribution < 1.29 is 9.26 Å². The Bertz CT molecular complexity index is 495. The monoisotopic (exact) mass is 247 g/mol. The molecule has 0 saturated carbocycles. The largest absolute Gasteiger partial charge is 0.378 e. The van der Waals surface area contributed by atoms with E-state index >= 15 is 0 Å². The van der Waals surface area contributed by atoms with Gasteiger partial charge in [0.05, 0.1) is 13.2 Å². The highest BCUT2D eigenvalue weighted by molar-refractivity contribution is 5.40. The zero-order valence-electron chi connectivity index (χ0n) is 9.74. The molecule has 1 aliphatic rings. The zero-order chi connectivity index (χ0) is 12.2. The maximum absolute atomic E-state index is 5.37. The number of hydrogen-bond acceptors (Lipinski definition) is 7. The molecule has 7 nitrogen and oxygen atoms in total. The molecule has 1 N–H and O–H groups in total. The minimum atomic E-state index is 0.226. The van der Waals surface area contributed by atoms with E-state index in [-0.39, 0.29) is 6.04 Å². The molecule has 0 aromatic carbocycles. The molecular weight excluding hydrogens is 234 g/mol. The van der Waals surface area contributed by atoms with E-state index in [4.69, 9.17) is 9.26 Å². The van der Waals surface area contributed by atoms with E-state index in [0.717, 1.165) is 13.2 Å². The van der Waals surface area contributed by atoms with Crippen LogP contribution in [0.2, 0.25) is 0 Å². The van der Waals surface area contributed by atoms with Crippen LogP contribution in [0.5, 0.6) is 0 Å². The second kappa shape index (κ2) is 5.19. The predicted molar refractivity (Wildman–Crippen MR) is 61.6 cm³/mol. The first-order chi connectivity index (χ1) is 8.92. The molecule has 0 amide bonds. The smallest absolute Gasteiger partial charge is 0.240 e. The Kier molecular flexibility index (Phi) is 3.24. The van der Waals surface area contributed by atoms with Crippen LogP contribution in [-0.4, -0.2) is 45.9 Å². The number of rotatable bonds is 3. The SMILES string of the molecule is c1cnc(-c2noc(CC3COCCN3)n2)nc1. The summed E-state index contributed by atoms with van der Waals surface area (Å²) in [5.41, 5.74) is 0. The molecule has 94 valence electrons. The normalized spacial score (nSPS) is 19.9. The van der Waals surface area contributed by atoms with Crippen LogP contribution in [0.1, 0.15) is 5.89 Å². The molecule has 2 aromatic heterocycles.